The van der Waals surface area contributed by atoms with E-state index in [-0.39, 0.29) is 6.04 Å². The standard InChI is InChI=1S/C12H20N2O/c1-4-13-12(9-15-5-2)11-7-6-8-14-10(11)3/h6-8,12-13H,4-5,9H2,1-3H3. The molecule has 0 saturated heterocycles. The number of rotatable bonds is 6. The van der Waals surface area contributed by atoms with Gasteiger partial charge < -0.3 is 10.1 Å². The highest BCUT2D eigenvalue weighted by Gasteiger charge is 2.12. The molecule has 1 aromatic rings. The van der Waals surface area contributed by atoms with Gasteiger partial charge >= 0.3 is 0 Å². The Morgan fingerprint density at radius 1 is 1.47 bits per heavy atom. The van der Waals surface area contributed by atoms with Gasteiger partial charge in [0.15, 0.2) is 0 Å². The monoisotopic (exact) mass is 208 g/mol. The first-order valence-corrected chi connectivity index (χ1v) is 5.52. The number of nitrogens with zero attached hydrogens (tertiary/aromatic N) is 1. The van der Waals surface area contributed by atoms with E-state index in [9.17, 15) is 0 Å². The van der Waals surface area contributed by atoms with Crippen molar-refractivity contribution in [2.24, 2.45) is 0 Å². The van der Waals surface area contributed by atoms with E-state index >= 15 is 0 Å². The summed E-state index contributed by atoms with van der Waals surface area (Å²) in [5, 5.41) is 3.41. The van der Waals surface area contributed by atoms with Crippen LogP contribution in [0.3, 0.4) is 0 Å². The molecular weight excluding hydrogens is 188 g/mol. The fraction of sp³-hybridized carbons (Fsp3) is 0.583. The zero-order chi connectivity index (χ0) is 11.1. The van der Waals surface area contributed by atoms with E-state index in [1.54, 1.807) is 0 Å². The minimum Gasteiger partial charge on any atom is -0.380 e. The van der Waals surface area contributed by atoms with Gasteiger partial charge in [-0.3, -0.25) is 4.98 Å². The van der Waals surface area contributed by atoms with Gasteiger partial charge in [-0.05, 0) is 32.0 Å². The number of nitrogens with one attached hydrogen (secondary N) is 1. The second-order valence-electron chi connectivity index (χ2n) is 3.45. The summed E-state index contributed by atoms with van der Waals surface area (Å²) in [5.41, 5.74) is 2.30. The topological polar surface area (TPSA) is 34.1 Å². The SMILES string of the molecule is CCNC(COCC)c1cccnc1C. The summed E-state index contributed by atoms with van der Waals surface area (Å²) in [5.74, 6) is 0. The fourth-order valence-corrected chi connectivity index (χ4v) is 1.61. The molecule has 0 spiro atoms. The van der Waals surface area contributed by atoms with Crippen LogP contribution in [0, 0.1) is 6.92 Å². The molecule has 1 unspecified atom stereocenters. The number of aromatic nitrogens is 1. The lowest BCUT2D eigenvalue weighted by atomic mass is 10.1. The second kappa shape index (κ2) is 6.53. The molecule has 1 N–H and O–H groups in total. The fourth-order valence-electron chi connectivity index (χ4n) is 1.61. The van der Waals surface area contributed by atoms with Crippen LogP contribution in [0.25, 0.3) is 0 Å². The highest BCUT2D eigenvalue weighted by Crippen LogP contribution is 2.15. The van der Waals surface area contributed by atoms with Crippen molar-refractivity contribution >= 4 is 0 Å². The summed E-state index contributed by atoms with van der Waals surface area (Å²) < 4.78 is 5.47. The van der Waals surface area contributed by atoms with Gasteiger partial charge in [0.2, 0.25) is 0 Å². The van der Waals surface area contributed by atoms with Gasteiger partial charge in [-0.15, -0.1) is 0 Å². The number of hydrogen-bond acceptors (Lipinski definition) is 3. The van der Waals surface area contributed by atoms with Crippen LogP contribution >= 0.6 is 0 Å². The van der Waals surface area contributed by atoms with E-state index in [4.69, 9.17) is 4.74 Å². The van der Waals surface area contributed by atoms with Crippen molar-refractivity contribution in [2.75, 3.05) is 19.8 Å². The number of likely N-dealkylation sites (N-methyl/N-ethyl adjacent to an activating group) is 1. The third kappa shape index (κ3) is 3.61. The predicted octanol–water partition coefficient (Wildman–Crippen LogP) is 2.08. The lowest BCUT2D eigenvalue weighted by Gasteiger charge is -2.19. The minimum absolute atomic E-state index is 0.253. The molecule has 0 fully saturated rings. The first-order valence-electron chi connectivity index (χ1n) is 5.52. The molecule has 0 bridgehead atoms. The molecule has 84 valence electrons. The molecule has 0 saturated carbocycles. The van der Waals surface area contributed by atoms with Crippen LogP contribution in [-0.4, -0.2) is 24.7 Å². The summed E-state index contributed by atoms with van der Waals surface area (Å²) in [4.78, 5) is 4.29. The number of ether oxygens (including phenoxy) is 1. The molecule has 0 amide bonds. The maximum atomic E-state index is 5.47. The van der Waals surface area contributed by atoms with Crippen LogP contribution in [0.1, 0.15) is 31.1 Å². The number of hydrogen-bond donors (Lipinski definition) is 1. The van der Waals surface area contributed by atoms with Crippen LogP contribution in [-0.2, 0) is 4.74 Å². The van der Waals surface area contributed by atoms with E-state index in [1.807, 2.05) is 26.1 Å². The van der Waals surface area contributed by atoms with Crippen LogP contribution in [0.5, 0.6) is 0 Å². The van der Waals surface area contributed by atoms with Crippen molar-refractivity contribution in [1.29, 1.82) is 0 Å². The molecule has 1 rings (SSSR count). The summed E-state index contributed by atoms with van der Waals surface area (Å²) in [6, 6.07) is 4.33. The van der Waals surface area contributed by atoms with Gasteiger partial charge in [-0.1, -0.05) is 13.0 Å². The Bertz CT molecular complexity index is 289. The molecule has 1 heterocycles. The maximum Gasteiger partial charge on any atom is 0.0662 e. The molecule has 1 aromatic heterocycles. The molecule has 3 nitrogen and oxygen atoms in total. The number of pyridine rings is 1. The van der Waals surface area contributed by atoms with Crippen LogP contribution in [0.2, 0.25) is 0 Å². The Hall–Kier alpha value is -0.930. The van der Waals surface area contributed by atoms with Crippen molar-refractivity contribution in [3.8, 4) is 0 Å². The Balaban J connectivity index is 2.74. The minimum atomic E-state index is 0.253. The lowest BCUT2D eigenvalue weighted by Crippen LogP contribution is -2.26. The molecule has 0 aliphatic rings. The molecule has 1 atom stereocenters. The molecule has 0 aliphatic heterocycles. The first-order chi connectivity index (χ1) is 7.29. The van der Waals surface area contributed by atoms with E-state index in [0.29, 0.717) is 6.61 Å². The molecule has 0 aliphatic carbocycles. The largest absolute Gasteiger partial charge is 0.380 e. The highest BCUT2D eigenvalue weighted by molar-refractivity contribution is 5.22. The maximum absolute atomic E-state index is 5.47. The zero-order valence-electron chi connectivity index (χ0n) is 9.79. The van der Waals surface area contributed by atoms with Gasteiger partial charge in [0.1, 0.15) is 0 Å². The Kier molecular flexibility index (Phi) is 5.29. The number of aryl methyl sites for hydroxylation is 1. The third-order valence-electron chi connectivity index (χ3n) is 2.36. The van der Waals surface area contributed by atoms with Gasteiger partial charge in [0, 0.05) is 18.5 Å². The summed E-state index contributed by atoms with van der Waals surface area (Å²) in [7, 11) is 0. The molecular formula is C12H20N2O. The second-order valence-corrected chi connectivity index (χ2v) is 3.45. The van der Waals surface area contributed by atoms with Gasteiger partial charge in [0.05, 0.1) is 12.6 Å². The molecule has 0 radical (unpaired) electrons. The van der Waals surface area contributed by atoms with Gasteiger partial charge in [-0.25, -0.2) is 0 Å². The van der Waals surface area contributed by atoms with Crippen LogP contribution in [0.4, 0.5) is 0 Å². The summed E-state index contributed by atoms with van der Waals surface area (Å²) in [6.07, 6.45) is 1.82. The first kappa shape index (κ1) is 12.1. The zero-order valence-corrected chi connectivity index (χ0v) is 9.79. The van der Waals surface area contributed by atoms with E-state index in [0.717, 1.165) is 18.8 Å². The smallest absolute Gasteiger partial charge is 0.0662 e. The normalized spacial score (nSPS) is 12.7. The average molecular weight is 208 g/mol. The van der Waals surface area contributed by atoms with Gasteiger partial charge in [-0.2, -0.15) is 0 Å². The summed E-state index contributed by atoms with van der Waals surface area (Å²) >= 11 is 0. The van der Waals surface area contributed by atoms with Crippen LogP contribution < -0.4 is 5.32 Å². The Morgan fingerprint density at radius 3 is 2.87 bits per heavy atom. The van der Waals surface area contributed by atoms with Gasteiger partial charge in [0.25, 0.3) is 0 Å². The third-order valence-corrected chi connectivity index (χ3v) is 2.36. The van der Waals surface area contributed by atoms with E-state index < -0.39 is 0 Å². The summed E-state index contributed by atoms with van der Waals surface area (Å²) in [6.45, 7) is 8.54. The molecule has 15 heavy (non-hydrogen) atoms. The van der Waals surface area contributed by atoms with E-state index in [1.165, 1.54) is 5.56 Å². The van der Waals surface area contributed by atoms with E-state index in [2.05, 4.69) is 23.3 Å². The lowest BCUT2D eigenvalue weighted by molar-refractivity contribution is 0.123. The molecule has 3 heteroatoms. The predicted molar refractivity (Wildman–Crippen MR) is 61.9 cm³/mol. The Labute approximate surface area is 91.9 Å². The average Bonchev–Trinajstić information content (AvgIpc) is 2.25. The van der Waals surface area contributed by atoms with Crippen LogP contribution in [0.15, 0.2) is 18.3 Å². The Morgan fingerprint density at radius 2 is 2.27 bits per heavy atom. The highest BCUT2D eigenvalue weighted by atomic mass is 16.5. The molecule has 0 aromatic carbocycles. The van der Waals surface area contributed by atoms with Crippen molar-refractivity contribution < 1.29 is 4.74 Å². The van der Waals surface area contributed by atoms with Crippen molar-refractivity contribution in [3.63, 3.8) is 0 Å². The van der Waals surface area contributed by atoms with Crippen molar-refractivity contribution in [2.45, 2.75) is 26.8 Å². The quantitative estimate of drug-likeness (QED) is 0.777. The van der Waals surface area contributed by atoms with Crippen molar-refractivity contribution in [1.82, 2.24) is 10.3 Å². The van der Waals surface area contributed by atoms with Crippen molar-refractivity contribution in [3.05, 3.63) is 29.6 Å².